The molecule has 2 saturated heterocycles. The van der Waals surface area contributed by atoms with Gasteiger partial charge in [-0.1, -0.05) is 0 Å². The first-order valence-electron chi connectivity index (χ1n) is 15.9. The number of morpholine rings is 1. The topological polar surface area (TPSA) is 132 Å². The van der Waals surface area contributed by atoms with Crippen molar-refractivity contribution in [3.63, 3.8) is 0 Å². The van der Waals surface area contributed by atoms with E-state index < -0.39 is 54.4 Å². The molecule has 0 unspecified atom stereocenters. The number of ether oxygens (including phenoxy) is 1. The Morgan fingerprint density at radius 3 is 2.70 bits per heavy atom. The summed E-state index contributed by atoms with van der Waals surface area (Å²) in [5.74, 6) is -6.61. The maximum absolute atomic E-state index is 14.2. The second-order valence-electron chi connectivity index (χ2n) is 12.8. The molecule has 1 aliphatic carbocycles. The standard InChI is InChI=1S/C30H38F5N9O3/c1-3-43-22(6-9-37-43)27(46)39-24(17-4-7-29(31,32)8-5-17)21-15-44-28(38-21)40-25(23-16-42(2)10-11-47-23)20(41-44)13-18-12-19(30(33,34)35)14-36-26(18)45/h6,9,15,17-19,23-24H,3-5,7-8,10-14,16H2,1-2H3,(H,36,45)(H,39,46)/t18-,19-,23+,24+/m1/s1. The van der Waals surface area contributed by atoms with E-state index in [0.29, 0.717) is 49.0 Å². The van der Waals surface area contributed by atoms with E-state index in [1.54, 1.807) is 12.3 Å². The van der Waals surface area contributed by atoms with Crippen LogP contribution in [0.5, 0.6) is 0 Å². The number of alkyl halides is 5. The quantitative estimate of drug-likeness (QED) is 0.349. The number of hydrogen-bond acceptors (Lipinski definition) is 8. The minimum atomic E-state index is -4.46. The fourth-order valence-electron chi connectivity index (χ4n) is 6.76. The number of halogens is 5. The van der Waals surface area contributed by atoms with Crippen molar-refractivity contribution in [1.82, 2.24) is 44.9 Å². The number of imidazole rings is 1. The molecule has 0 spiro atoms. The van der Waals surface area contributed by atoms with Crippen LogP contribution in [0.1, 0.15) is 78.7 Å². The summed E-state index contributed by atoms with van der Waals surface area (Å²) in [6.07, 6.45) is -2.83. The van der Waals surface area contributed by atoms with Crippen LogP contribution >= 0.6 is 0 Å². The van der Waals surface area contributed by atoms with Crippen LogP contribution in [0.15, 0.2) is 18.5 Å². The first kappa shape index (κ1) is 33.2. The molecule has 3 aromatic rings. The Kier molecular flexibility index (Phi) is 9.21. The summed E-state index contributed by atoms with van der Waals surface area (Å²) in [6, 6.07) is 0.810. The van der Waals surface area contributed by atoms with Crippen LogP contribution in [0.4, 0.5) is 22.0 Å². The average Bonchev–Trinajstić information content (AvgIpc) is 3.67. The summed E-state index contributed by atoms with van der Waals surface area (Å²) in [5.41, 5.74) is 1.33. The molecule has 2 amide bonds. The van der Waals surface area contributed by atoms with Gasteiger partial charge in [-0.05, 0) is 45.2 Å². The normalized spacial score (nSPS) is 25.1. The molecule has 47 heavy (non-hydrogen) atoms. The number of carbonyl (C=O) groups excluding carboxylic acids is 2. The van der Waals surface area contributed by atoms with Crippen molar-refractivity contribution in [2.24, 2.45) is 17.8 Å². The van der Waals surface area contributed by atoms with Crippen molar-refractivity contribution in [1.29, 1.82) is 0 Å². The number of nitrogens with one attached hydrogen (secondary N) is 2. The van der Waals surface area contributed by atoms with Gasteiger partial charge in [-0.3, -0.25) is 14.3 Å². The van der Waals surface area contributed by atoms with E-state index in [9.17, 15) is 31.5 Å². The molecule has 1 saturated carbocycles. The third-order valence-corrected chi connectivity index (χ3v) is 9.46. The third-order valence-electron chi connectivity index (χ3n) is 9.46. The molecule has 0 radical (unpaired) electrons. The lowest BCUT2D eigenvalue weighted by Crippen LogP contribution is -2.47. The number of amides is 2. The first-order valence-corrected chi connectivity index (χ1v) is 15.9. The Bertz CT molecular complexity index is 1600. The van der Waals surface area contributed by atoms with Crippen LogP contribution in [0.25, 0.3) is 5.78 Å². The zero-order valence-corrected chi connectivity index (χ0v) is 26.1. The zero-order valence-electron chi connectivity index (χ0n) is 26.1. The molecule has 4 atom stereocenters. The Hall–Kier alpha value is -3.73. The van der Waals surface area contributed by atoms with Crippen molar-refractivity contribution in [2.45, 2.75) is 76.2 Å². The van der Waals surface area contributed by atoms with Gasteiger partial charge in [0.25, 0.3) is 11.7 Å². The van der Waals surface area contributed by atoms with Gasteiger partial charge in [-0.25, -0.2) is 23.3 Å². The van der Waals surface area contributed by atoms with E-state index in [1.165, 1.54) is 15.4 Å². The highest BCUT2D eigenvalue weighted by Crippen LogP contribution is 2.41. The van der Waals surface area contributed by atoms with Crippen molar-refractivity contribution < 1.29 is 36.3 Å². The second-order valence-corrected chi connectivity index (χ2v) is 12.8. The number of aryl methyl sites for hydroxylation is 1. The number of piperidine rings is 1. The third kappa shape index (κ3) is 7.24. The largest absolute Gasteiger partial charge is 0.393 e. The monoisotopic (exact) mass is 667 g/mol. The minimum Gasteiger partial charge on any atom is -0.369 e. The van der Waals surface area contributed by atoms with Gasteiger partial charge < -0.3 is 20.3 Å². The van der Waals surface area contributed by atoms with E-state index in [2.05, 4.69) is 15.7 Å². The predicted octanol–water partition coefficient (Wildman–Crippen LogP) is 3.50. The van der Waals surface area contributed by atoms with Gasteiger partial charge in [0, 0.05) is 57.6 Å². The second kappa shape index (κ2) is 13.1. The van der Waals surface area contributed by atoms with Crippen LogP contribution in [-0.4, -0.2) is 91.5 Å². The molecule has 3 aromatic heterocycles. The molecule has 12 nitrogen and oxygen atoms in total. The molecular weight excluding hydrogens is 629 g/mol. The number of nitrogens with zero attached hydrogens (tertiary/aromatic N) is 7. The fourth-order valence-corrected chi connectivity index (χ4v) is 6.76. The molecule has 2 aliphatic heterocycles. The van der Waals surface area contributed by atoms with Gasteiger partial charge in [0.2, 0.25) is 11.8 Å². The van der Waals surface area contributed by atoms with Crippen molar-refractivity contribution >= 4 is 17.6 Å². The summed E-state index contributed by atoms with van der Waals surface area (Å²) in [7, 11) is 1.91. The van der Waals surface area contributed by atoms with Crippen molar-refractivity contribution in [2.75, 3.05) is 33.3 Å². The molecule has 2 N–H and O–H groups in total. The molecule has 0 bridgehead atoms. The Labute approximate surface area is 267 Å². The smallest absolute Gasteiger partial charge is 0.369 e. The summed E-state index contributed by atoms with van der Waals surface area (Å²) >= 11 is 0. The highest BCUT2D eigenvalue weighted by atomic mass is 19.4. The number of fused-ring (bicyclic) bond motifs is 1. The molecule has 3 aliphatic rings. The van der Waals surface area contributed by atoms with Gasteiger partial charge >= 0.3 is 6.18 Å². The number of carbonyl (C=O) groups is 2. The molecule has 17 heteroatoms. The van der Waals surface area contributed by atoms with E-state index in [-0.39, 0.29) is 50.2 Å². The van der Waals surface area contributed by atoms with Crippen LogP contribution < -0.4 is 10.6 Å². The summed E-state index contributed by atoms with van der Waals surface area (Å²) in [6.45, 7) is 3.32. The van der Waals surface area contributed by atoms with Crippen LogP contribution in [-0.2, 0) is 22.5 Å². The Morgan fingerprint density at radius 1 is 1.23 bits per heavy atom. The lowest BCUT2D eigenvalue weighted by atomic mass is 9.81. The predicted molar refractivity (Wildman–Crippen MR) is 156 cm³/mol. The highest BCUT2D eigenvalue weighted by molar-refractivity contribution is 5.92. The van der Waals surface area contributed by atoms with E-state index in [0.717, 1.165) is 0 Å². The first-order chi connectivity index (χ1) is 22.3. The molecule has 256 valence electrons. The van der Waals surface area contributed by atoms with Crippen LogP contribution in [0.3, 0.4) is 0 Å². The van der Waals surface area contributed by atoms with Gasteiger partial charge in [-0.15, -0.1) is 0 Å². The SMILES string of the molecule is CCn1nccc1C(=O)N[C@H](c1cn2nc(C[C@H]3C[C@@H](C(F)(F)F)CNC3=O)c([C@@H]3CN(C)CCO3)nc2n1)C1CCC(F)(F)CC1. The Morgan fingerprint density at radius 2 is 2.00 bits per heavy atom. The average molecular weight is 668 g/mol. The lowest BCUT2D eigenvalue weighted by molar-refractivity contribution is -0.183. The maximum Gasteiger partial charge on any atom is 0.393 e. The van der Waals surface area contributed by atoms with E-state index in [4.69, 9.17) is 19.8 Å². The van der Waals surface area contributed by atoms with E-state index in [1.807, 2.05) is 18.9 Å². The molecule has 3 fully saturated rings. The maximum atomic E-state index is 14.2. The number of likely N-dealkylation sites (N-methyl/N-ethyl adjacent to an activating group) is 1. The van der Waals surface area contributed by atoms with Crippen LogP contribution in [0.2, 0.25) is 0 Å². The molecule has 5 heterocycles. The fraction of sp³-hybridized carbons (Fsp3) is 0.667. The van der Waals surface area contributed by atoms with E-state index >= 15 is 0 Å². The molecular formula is C30H38F5N9O3. The minimum absolute atomic E-state index is 0.105. The van der Waals surface area contributed by atoms with Crippen LogP contribution in [0, 0.1) is 17.8 Å². The van der Waals surface area contributed by atoms with Gasteiger partial charge in [0.15, 0.2) is 0 Å². The summed E-state index contributed by atoms with van der Waals surface area (Å²) in [5, 5.41) is 14.2. The number of aromatic nitrogens is 6. The lowest BCUT2D eigenvalue weighted by Gasteiger charge is -2.33. The van der Waals surface area contributed by atoms with Crippen molar-refractivity contribution in [3.8, 4) is 0 Å². The zero-order chi connectivity index (χ0) is 33.5. The summed E-state index contributed by atoms with van der Waals surface area (Å²) in [4.78, 5) is 37.6. The summed E-state index contributed by atoms with van der Waals surface area (Å²) < 4.78 is 78.0. The van der Waals surface area contributed by atoms with Crippen molar-refractivity contribution in [3.05, 3.63) is 41.2 Å². The number of rotatable bonds is 8. The highest BCUT2D eigenvalue weighted by Gasteiger charge is 2.45. The van der Waals surface area contributed by atoms with Gasteiger partial charge in [0.05, 0.1) is 41.8 Å². The van der Waals surface area contributed by atoms with Gasteiger partial charge in [-0.2, -0.15) is 23.4 Å². The number of hydrogen-bond donors (Lipinski definition) is 2. The molecule has 6 rings (SSSR count). The van der Waals surface area contributed by atoms with Gasteiger partial charge in [0.1, 0.15) is 11.8 Å². The molecule has 0 aromatic carbocycles. The Balaban J connectivity index is 1.37.